The first-order valence-corrected chi connectivity index (χ1v) is 13.8. The first kappa shape index (κ1) is 26.1. The predicted molar refractivity (Wildman–Crippen MR) is 141 cm³/mol. The molecule has 0 aliphatic rings. The molecule has 34 heavy (non-hydrogen) atoms. The van der Waals surface area contributed by atoms with Crippen LogP contribution in [0.1, 0.15) is 23.1 Å². The van der Waals surface area contributed by atoms with Gasteiger partial charge in [-0.25, -0.2) is 8.42 Å². The fourth-order valence-corrected chi connectivity index (χ4v) is 5.82. The van der Waals surface area contributed by atoms with E-state index in [2.05, 4.69) is 36.5 Å². The van der Waals surface area contributed by atoms with Crippen LogP contribution in [-0.4, -0.2) is 33.2 Å². The number of halogens is 1. The quantitative estimate of drug-likeness (QED) is 0.275. The summed E-state index contributed by atoms with van der Waals surface area (Å²) in [6, 6.07) is 19.9. The molecule has 180 valence electrons. The highest BCUT2D eigenvalue weighted by molar-refractivity contribution is 7.99. The van der Waals surface area contributed by atoms with E-state index in [9.17, 15) is 13.2 Å². The molecule has 0 saturated carbocycles. The van der Waals surface area contributed by atoms with E-state index in [1.807, 2.05) is 6.92 Å². The van der Waals surface area contributed by atoms with Gasteiger partial charge in [-0.05, 0) is 74.9 Å². The Morgan fingerprint density at radius 2 is 1.56 bits per heavy atom. The van der Waals surface area contributed by atoms with Crippen molar-refractivity contribution in [1.29, 1.82) is 0 Å². The van der Waals surface area contributed by atoms with E-state index >= 15 is 0 Å². The van der Waals surface area contributed by atoms with Crippen molar-refractivity contribution in [1.82, 2.24) is 5.32 Å². The number of nitrogens with zero attached hydrogens (tertiary/aromatic N) is 1. The number of carbonyl (C=O) groups excluding carboxylic acids is 1. The molecule has 1 amide bonds. The molecule has 0 atom stereocenters. The van der Waals surface area contributed by atoms with Crippen LogP contribution in [0.2, 0.25) is 5.02 Å². The fourth-order valence-electron chi connectivity index (χ4n) is 3.31. The Labute approximate surface area is 211 Å². The first-order valence-electron chi connectivity index (χ1n) is 11.0. The minimum Gasteiger partial charge on any atom is -0.354 e. The fraction of sp³-hybridized carbons (Fsp3) is 0.269. The Morgan fingerprint density at radius 1 is 0.941 bits per heavy atom. The van der Waals surface area contributed by atoms with E-state index in [4.69, 9.17) is 11.6 Å². The zero-order valence-corrected chi connectivity index (χ0v) is 21.9. The Morgan fingerprint density at radius 3 is 2.21 bits per heavy atom. The molecule has 0 unspecified atom stereocenters. The third-order valence-corrected chi connectivity index (χ3v) is 8.62. The molecule has 3 aromatic rings. The van der Waals surface area contributed by atoms with Gasteiger partial charge >= 0.3 is 0 Å². The number of rotatable bonds is 10. The molecule has 3 aromatic carbocycles. The van der Waals surface area contributed by atoms with Gasteiger partial charge in [0.1, 0.15) is 6.54 Å². The lowest BCUT2D eigenvalue weighted by molar-refractivity contribution is -0.119. The molecule has 3 rings (SSSR count). The number of hydrogen-bond acceptors (Lipinski definition) is 4. The number of amides is 1. The van der Waals surface area contributed by atoms with Crippen molar-refractivity contribution in [3.05, 3.63) is 88.4 Å². The summed E-state index contributed by atoms with van der Waals surface area (Å²) in [6.45, 7) is 5.82. The molecule has 0 spiro atoms. The van der Waals surface area contributed by atoms with Crippen LogP contribution in [0.4, 0.5) is 5.69 Å². The van der Waals surface area contributed by atoms with Gasteiger partial charge in [-0.1, -0.05) is 53.1 Å². The summed E-state index contributed by atoms with van der Waals surface area (Å²) in [4.78, 5) is 14.1. The standard InChI is InChI=1S/C26H29ClN2O3S2/c1-19-8-12-22(13-9-19)33-17-5-16-28-26(30)18-29(25-7-4-6-24(27)21(25)3)34(31,32)23-14-10-20(2)11-15-23/h4,6-15H,5,16-18H2,1-3H3,(H,28,30). The largest absolute Gasteiger partial charge is 0.354 e. The molecule has 0 aromatic heterocycles. The molecular formula is C26H29ClN2O3S2. The molecule has 0 saturated heterocycles. The maximum absolute atomic E-state index is 13.5. The van der Waals surface area contributed by atoms with E-state index in [0.717, 1.165) is 22.0 Å². The molecule has 0 fully saturated rings. The van der Waals surface area contributed by atoms with Crippen molar-refractivity contribution in [2.24, 2.45) is 0 Å². The highest BCUT2D eigenvalue weighted by Gasteiger charge is 2.28. The van der Waals surface area contributed by atoms with Crippen LogP contribution in [0.3, 0.4) is 0 Å². The van der Waals surface area contributed by atoms with Crippen LogP contribution < -0.4 is 9.62 Å². The van der Waals surface area contributed by atoms with Crippen molar-refractivity contribution in [3.8, 4) is 0 Å². The third kappa shape index (κ3) is 6.78. The summed E-state index contributed by atoms with van der Waals surface area (Å²) in [5.41, 5.74) is 3.16. The summed E-state index contributed by atoms with van der Waals surface area (Å²) < 4.78 is 28.1. The lowest BCUT2D eigenvalue weighted by Crippen LogP contribution is -2.41. The number of anilines is 1. The van der Waals surface area contributed by atoms with Crippen molar-refractivity contribution in [2.75, 3.05) is 23.1 Å². The zero-order chi connectivity index (χ0) is 24.7. The van der Waals surface area contributed by atoms with Gasteiger partial charge in [-0.15, -0.1) is 11.8 Å². The molecule has 0 radical (unpaired) electrons. The second kappa shape index (κ2) is 11.8. The molecule has 0 aliphatic carbocycles. The number of hydrogen-bond donors (Lipinski definition) is 1. The van der Waals surface area contributed by atoms with E-state index < -0.39 is 10.0 Å². The van der Waals surface area contributed by atoms with Gasteiger partial charge in [0, 0.05) is 16.5 Å². The maximum Gasteiger partial charge on any atom is 0.264 e. The Kier molecular flexibility index (Phi) is 9.05. The van der Waals surface area contributed by atoms with E-state index in [-0.39, 0.29) is 17.3 Å². The van der Waals surface area contributed by atoms with E-state index in [1.54, 1.807) is 61.2 Å². The molecule has 1 N–H and O–H groups in total. The summed E-state index contributed by atoms with van der Waals surface area (Å²) in [7, 11) is -3.97. The number of aryl methyl sites for hydroxylation is 2. The summed E-state index contributed by atoms with van der Waals surface area (Å²) in [5, 5.41) is 3.29. The van der Waals surface area contributed by atoms with Gasteiger partial charge in [0.2, 0.25) is 5.91 Å². The Bertz CT molecular complexity index is 1230. The van der Waals surface area contributed by atoms with E-state index in [0.29, 0.717) is 22.8 Å². The minimum absolute atomic E-state index is 0.125. The number of sulfonamides is 1. The second-order valence-electron chi connectivity index (χ2n) is 8.07. The normalized spacial score (nSPS) is 11.3. The molecule has 0 bridgehead atoms. The number of thioether (sulfide) groups is 1. The van der Waals surface area contributed by atoms with E-state index in [1.165, 1.54) is 10.5 Å². The van der Waals surface area contributed by atoms with Crippen LogP contribution in [0, 0.1) is 20.8 Å². The maximum atomic E-state index is 13.5. The first-order chi connectivity index (χ1) is 16.2. The average Bonchev–Trinajstić information content (AvgIpc) is 2.81. The van der Waals surface area contributed by atoms with Gasteiger partial charge in [-0.3, -0.25) is 9.10 Å². The molecule has 0 aliphatic heterocycles. The van der Waals surface area contributed by atoms with Crippen molar-refractivity contribution in [2.45, 2.75) is 37.0 Å². The van der Waals surface area contributed by atoms with Gasteiger partial charge < -0.3 is 5.32 Å². The predicted octanol–water partition coefficient (Wildman–Crippen LogP) is 5.76. The molecular weight excluding hydrogens is 488 g/mol. The zero-order valence-electron chi connectivity index (χ0n) is 19.5. The highest BCUT2D eigenvalue weighted by Crippen LogP contribution is 2.30. The molecule has 0 heterocycles. The van der Waals surface area contributed by atoms with Crippen LogP contribution in [-0.2, 0) is 14.8 Å². The molecule has 8 heteroatoms. The van der Waals surface area contributed by atoms with Crippen LogP contribution >= 0.6 is 23.4 Å². The van der Waals surface area contributed by atoms with Gasteiger partial charge in [0.05, 0.1) is 10.6 Å². The lowest BCUT2D eigenvalue weighted by atomic mass is 10.2. The smallest absolute Gasteiger partial charge is 0.264 e. The topological polar surface area (TPSA) is 66.5 Å². The average molecular weight is 517 g/mol. The van der Waals surface area contributed by atoms with Crippen LogP contribution in [0.5, 0.6) is 0 Å². The van der Waals surface area contributed by atoms with Crippen molar-refractivity contribution < 1.29 is 13.2 Å². The van der Waals surface area contributed by atoms with Gasteiger partial charge in [-0.2, -0.15) is 0 Å². The van der Waals surface area contributed by atoms with Gasteiger partial charge in [0.15, 0.2) is 0 Å². The Hall–Kier alpha value is -2.48. The van der Waals surface area contributed by atoms with Gasteiger partial charge in [0.25, 0.3) is 10.0 Å². The highest BCUT2D eigenvalue weighted by atomic mass is 35.5. The summed E-state index contributed by atoms with van der Waals surface area (Å²) in [5.74, 6) is 0.484. The number of carbonyl (C=O) groups is 1. The van der Waals surface area contributed by atoms with Crippen LogP contribution in [0.15, 0.2) is 76.5 Å². The summed E-state index contributed by atoms with van der Waals surface area (Å²) in [6.07, 6.45) is 0.769. The van der Waals surface area contributed by atoms with Crippen molar-refractivity contribution >= 4 is 45.0 Å². The monoisotopic (exact) mass is 516 g/mol. The Balaban J connectivity index is 1.68. The number of benzene rings is 3. The third-order valence-electron chi connectivity index (χ3n) is 5.34. The molecule has 5 nitrogen and oxygen atoms in total. The minimum atomic E-state index is -3.97. The lowest BCUT2D eigenvalue weighted by Gasteiger charge is -2.26. The SMILES string of the molecule is Cc1ccc(SCCCNC(=O)CN(c2cccc(Cl)c2C)S(=O)(=O)c2ccc(C)cc2)cc1. The summed E-state index contributed by atoms with van der Waals surface area (Å²) >= 11 is 7.99. The van der Waals surface area contributed by atoms with Crippen molar-refractivity contribution in [3.63, 3.8) is 0 Å². The second-order valence-corrected chi connectivity index (χ2v) is 11.5. The number of nitrogens with one attached hydrogen (secondary N) is 1. The van der Waals surface area contributed by atoms with Crippen LogP contribution in [0.25, 0.3) is 0 Å².